The Morgan fingerprint density at radius 1 is 1.04 bits per heavy atom. The number of anilines is 1. The number of rotatable bonds is 4. The Kier molecular flexibility index (Phi) is 4.30. The zero-order chi connectivity index (χ0) is 18.8. The number of amides is 1. The summed E-state index contributed by atoms with van der Waals surface area (Å²) in [6, 6.07) is 18.4. The molecule has 2 aromatic heterocycles. The highest BCUT2D eigenvalue weighted by molar-refractivity contribution is 6.05. The molecule has 0 saturated heterocycles. The number of pyridine rings is 1. The third kappa shape index (κ3) is 3.50. The van der Waals surface area contributed by atoms with Crippen LogP contribution in [0.15, 0.2) is 66.9 Å². The van der Waals surface area contributed by atoms with Crippen molar-refractivity contribution in [1.29, 1.82) is 0 Å². The van der Waals surface area contributed by atoms with Crippen molar-refractivity contribution in [3.8, 4) is 11.5 Å². The average molecular weight is 358 g/mol. The van der Waals surface area contributed by atoms with Gasteiger partial charge in [0.1, 0.15) is 11.5 Å². The minimum atomic E-state index is -0.205. The Labute approximate surface area is 156 Å². The number of fused-ring (bicyclic) bond motifs is 1. The molecule has 0 saturated carbocycles. The van der Waals surface area contributed by atoms with Crippen molar-refractivity contribution in [2.45, 2.75) is 6.92 Å². The van der Waals surface area contributed by atoms with Crippen molar-refractivity contribution < 1.29 is 9.53 Å². The van der Waals surface area contributed by atoms with E-state index in [-0.39, 0.29) is 5.91 Å². The average Bonchev–Trinajstić information content (AvgIpc) is 2.96. The Hall–Kier alpha value is -3.67. The molecule has 0 fully saturated rings. The SMILES string of the molecule is Cc1nn(C)c2ncc(NC(=O)c3ccc(Oc4ccccc4)cc3)cc12. The van der Waals surface area contributed by atoms with Gasteiger partial charge in [-0.25, -0.2) is 4.98 Å². The van der Waals surface area contributed by atoms with E-state index in [1.807, 2.05) is 50.4 Å². The number of carbonyl (C=O) groups is 1. The Bertz CT molecular complexity index is 1100. The van der Waals surface area contributed by atoms with Crippen LogP contribution in [0.2, 0.25) is 0 Å². The first-order valence-electron chi connectivity index (χ1n) is 8.54. The molecular formula is C21H18N4O2. The molecule has 2 aromatic carbocycles. The summed E-state index contributed by atoms with van der Waals surface area (Å²) in [7, 11) is 1.85. The van der Waals surface area contributed by atoms with Gasteiger partial charge in [0.2, 0.25) is 0 Å². The number of ether oxygens (including phenoxy) is 1. The normalized spacial score (nSPS) is 10.7. The van der Waals surface area contributed by atoms with Crippen LogP contribution in [0.4, 0.5) is 5.69 Å². The number of hydrogen-bond acceptors (Lipinski definition) is 4. The predicted molar refractivity (Wildman–Crippen MR) is 104 cm³/mol. The highest BCUT2D eigenvalue weighted by Crippen LogP contribution is 2.22. The lowest BCUT2D eigenvalue weighted by atomic mass is 10.2. The molecule has 0 bridgehead atoms. The quantitative estimate of drug-likeness (QED) is 0.590. The van der Waals surface area contributed by atoms with Crippen LogP contribution in [-0.2, 0) is 7.05 Å². The maximum atomic E-state index is 12.5. The second kappa shape index (κ2) is 6.92. The highest BCUT2D eigenvalue weighted by atomic mass is 16.5. The van der Waals surface area contributed by atoms with E-state index in [1.165, 1.54) is 0 Å². The van der Waals surface area contributed by atoms with Crippen LogP contribution < -0.4 is 10.1 Å². The summed E-state index contributed by atoms with van der Waals surface area (Å²) < 4.78 is 7.47. The molecule has 134 valence electrons. The van der Waals surface area contributed by atoms with Gasteiger partial charge in [-0.05, 0) is 49.4 Å². The molecule has 2 heterocycles. The zero-order valence-electron chi connectivity index (χ0n) is 15.0. The molecule has 6 nitrogen and oxygen atoms in total. The second-order valence-electron chi connectivity index (χ2n) is 6.20. The molecule has 0 radical (unpaired) electrons. The first kappa shape index (κ1) is 16.8. The summed E-state index contributed by atoms with van der Waals surface area (Å²) in [5.74, 6) is 1.22. The largest absolute Gasteiger partial charge is 0.457 e. The number of aryl methyl sites for hydroxylation is 2. The van der Waals surface area contributed by atoms with Gasteiger partial charge in [-0.3, -0.25) is 9.48 Å². The first-order chi connectivity index (χ1) is 13.1. The molecule has 4 rings (SSSR count). The maximum Gasteiger partial charge on any atom is 0.255 e. The van der Waals surface area contributed by atoms with E-state index in [9.17, 15) is 4.79 Å². The third-order valence-corrected chi connectivity index (χ3v) is 4.22. The lowest BCUT2D eigenvalue weighted by Crippen LogP contribution is -2.12. The van der Waals surface area contributed by atoms with E-state index < -0.39 is 0 Å². The minimum Gasteiger partial charge on any atom is -0.457 e. The van der Waals surface area contributed by atoms with E-state index in [4.69, 9.17) is 4.74 Å². The molecule has 0 spiro atoms. The summed E-state index contributed by atoms with van der Waals surface area (Å²) in [4.78, 5) is 16.9. The molecule has 6 heteroatoms. The Morgan fingerprint density at radius 2 is 1.74 bits per heavy atom. The lowest BCUT2D eigenvalue weighted by Gasteiger charge is -2.08. The molecule has 0 aliphatic carbocycles. The Balaban J connectivity index is 1.49. The number of nitrogens with one attached hydrogen (secondary N) is 1. The van der Waals surface area contributed by atoms with Crippen LogP contribution in [-0.4, -0.2) is 20.7 Å². The predicted octanol–water partition coefficient (Wildman–Crippen LogP) is 4.32. The first-order valence-corrected chi connectivity index (χ1v) is 8.54. The molecule has 0 aliphatic rings. The summed E-state index contributed by atoms with van der Waals surface area (Å²) in [5.41, 5.74) is 2.83. The third-order valence-electron chi connectivity index (χ3n) is 4.22. The van der Waals surface area contributed by atoms with Crippen molar-refractivity contribution in [3.63, 3.8) is 0 Å². The summed E-state index contributed by atoms with van der Waals surface area (Å²) in [5, 5.41) is 8.14. The van der Waals surface area contributed by atoms with Crippen molar-refractivity contribution in [1.82, 2.24) is 14.8 Å². The number of aromatic nitrogens is 3. The molecule has 0 aliphatic heterocycles. The van der Waals surface area contributed by atoms with Crippen LogP contribution >= 0.6 is 0 Å². The van der Waals surface area contributed by atoms with Crippen molar-refractivity contribution >= 4 is 22.6 Å². The van der Waals surface area contributed by atoms with E-state index in [2.05, 4.69) is 15.4 Å². The molecule has 1 amide bonds. The van der Waals surface area contributed by atoms with Crippen molar-refractivity contribution in [2.24, 2.45) is 7.05 Å². The van der Waals surface area contributed by atoms with Gasteiger partial charge in [0.05, 0.1) is 17.6 Å². The monoisotopic (exact) mass is 358 g/mol. The summed E-state index contributed by atoms with van der Waals surface area (Å²) >= 11 is 0. The fourth-order valence-electron chi connectivity index (χ4n) is 2.88. The minimum absolute atomic E-state index is 0.205. The van der Waals surface area contributed by atoms with E-state index in [0.29, 0.717) is 17.0 Å². The van der Waals surface area contributed by atoms with Crippen molar-refractivity contribution in [2.75, 3.05) is 5.32 Å². The van der Waals surface area contributed by atoms with Gasteiger partial charge in [0, 0.05) is 18.0 Å². The molecular weight excluding hydrogens is 340 g/mol. The maximum absolute atomic E-state index is 12.5. The van der Waals surface area contributed by atoms with Gasteiger partial charge >= 0.3 is 0 Å². The molecule has 1 N–H and O–H groups in total. The number of para-hydroxylation sites is 1. The fourth-order valence-corrected chi connectivity index (χ4v) is 2.88. The zero-order valence-corrected chi connectivity index (χ0v) is 15.0. The number of hydrogen-bond donors (Lipinski definition) is 1. The second-order valence-corrected chi connectivity index (χ2v) is 6.20. The van der Waals surface area contributed by atoms with Crippen LogP contribution in [0, 0.1) is 6.92 Å². The van der Waals surface area contributed by atoms with E-state index in [1.54, 1.807) is 35.1 Å². The van der Waals surface area contributed by atoms with Crippen LogP contribution in [0.1, 0.15) is 16.1 Å². The molecule has 27 heavy (non-hydrogen) atoms. The molecule has 0 unspecified atom stereocenters. The fraction of sp³-hybridized carbons (Fsp3) is 0.0952. The van der Waals surface area contributed by atoms with Crippen LogP contribution in [0.3, 0.4) is 0 Å². The van der Waals surface area contributed by atoms with Gasteiger partial charge in [0.15, 0.2) is 5.65 Å². The number of benzene rings is 2. The number of carbonyl (C=O) groups excluding carboxylic acids is 1. The molecule has 0 atom stereocenters. The standard InChI is InChI=1S/C21H18N4O2/c1-14-19-12-16(13-22-20(19)25(2)24-14)23-21(26)15-8-10-18(11-9-15)27-17-6-4-3-5-7-17/h3-13H,1-2H3,(H,23,26). The molecule has 4 aromatic rings. The Morgan fingerprint density at radius 3 is 2.48 bits per heavy atom. The van der Waals surface area contributed by atoms with Gasteiger partial charge in [-0.1, -0.05) is 18.2 Å². The smallest absolute Gasteiger partial charge is 0.255 e. The van der Waals surface area contributed by atoms with Gasteiger partial charge < -0.3 is 10.1 Å². The highest BCUT2D eigenvalue weighted by Gasteiger charge is 2.10. The number of nitrogens with zero attached hydrogens (tertiary/aromatic N) is 3. The lowest BCUT2D eigenvalue weighted by molar-refractivity contribution is 0.102. The van der Waals surface area contributed by atoms with E-state index in [0.717, 1.165) is 22.5 Å². The summed E-state index contributed by atoms with van der Waals surface area (Å²) in [6.07, 6.45) is 1.63. The van der Waals surface area contributed by atoms with Gasteiger partial charge in [-0.2, -0.15) is 5.10 Å². The summed E-state index contributed by atoms with van der Waals surface area (Å²) in [6.45, 7) is 1.92. The topological polar surface area (TPSA) is 69.0 Å². The van der Waals surface area contributed by atoms with Crippen molar-refractivity contribution in [3.05, 3.63) is 78.1 Å². The van der Waals surface area contributed by atoms with Gasteiger partial charge in [-0.15, -0.1) is 0 Å². The van der Waals surface area contributed by atoms with E-state index >= 15 is 0 Å². The van der Waals surface area contributed by atoms with Crippen LogP contribution in [0.25, 0.3) is 11.0 Å². The van der Waals surface area contributed by atoms with Gasteiger partial charge in [0.25, 0.3) is 5.91 Å². The van der Waals surface area contributed by atoms with Crippen LogP contribution in [0.5, 0.6) is 11.5 Å².